The van der Waals surface area contributed by atoms with E-state index in [0.717, 1.165) is 11.6 Å². The molecule has 2 aromatic carbocycles. The van der Waals surface area contributed by atoms with Crippen LogP contribution in [0.25, 0.3) is 6.08 Å². The normalized spacial score (nSPS) is 10.7. The number of halogens is 2. The minimum absolute atomic E-state index is 0.136. The van der Waals surface area contributed by atoms with Gasteiger partial charge in [-0.3, -0.25) is 10.1 Å². The summed E-state index contributed by atoms with van der Waals surface area (Å²) in [5.41, 5.74) is -0.125. The van der Waals surface area contributed by atoms with Crippen LogP contribution < -0.4 is 5.32 Å². The van der Waals surface area contributed by atoms with Crippen molar-refractivity contribution in [1.82, 2.24) is 5.32 Å². The highest BCUT2D eigenvalue weighted by Gasteiger charge is 2.20. The smallest absolute Gasteiger partial charge is 0.407 e. The van der Waals surface area contributed by atoms with Crippen LogP contribution in [0, 0.1) is 21.7 Å². The summed E-state index contributed by atoms with van der Waals surface area (Å²) < 4.78 is 31.7. The highest BCUT2D eigenvalue weighted by molar-refractivity contribution is 5.67. The van der Waals surface area contributed by atoms with E-state index in [9.17, 15) is 23.7 Å². The van der Waals surface area contributed by atoms with E-state index in [1.54, 1.807) is 0 Å². The number of nitrogens with one attached hydrogen (secondary N) is 1. The molecular formula is C18H16F2N2O4. The van der Waals surface area contributed by atoms with Crippen molar-refractivity contribution in [3.8, 4) is 0 Å². The molecule has 0 aromatic heterocycles. The molecular weight excluding hydrogens is 346 g/mol. The lowest BCUT2D eigenvalue weighted by atomic mass is 10.1. The lowest BCUT2D eigenvalue weighted by Crippen LogP contribution is -2.24. The Morgan fingerprint density at radius 1 is 1.23 bits per heavy atom. The van der Waals surface area contributed by atoms with Crippen molar-refractivity contribution >= 4 is 17.9 Å². The molecule has 2 rings (SSSR count). The average molecular weight is 362 g/mol. The van der Waals surface area contributed by atoms with Crippen LogP contribution in [-0.4, -0.2) is 17.6 Å². The van der Waals surface area contributed by atoms with Crippen LogP contribution in [0.1, 0.15) is 17.5 Å². The molecule has 0 heterocycles. The van der Waals surface area contributed by atoms with Gasteiger partial charge in [-0.25, -0.2) is 9.18 Å². The molecule has 0 saturated heterocycles. The van der Waals surface area contributed by atoms with Crippen molar-refractivity contribution in [2.75, 3.05) is 6.54 Å². The minimum Gasteiger partial charge on any atom is -0.445 e. The second-order valence-electron chi connectivity index (χ2n) is 5.26. The summed E-state index contributed by atoms with van der Waals surface area (Å²) in [7, 11) is 0. The van der Waals surface area contributed by atoms with Gasteiger partial charge in [-0.15, -0.1) is 0 Å². The summed E-state index contributed by atoms with van der Waals surface area (Å²) >= 11 is 0. The Bertz CT molecular complexity index is 810. The quantitative estimate of drug-likeness (QED) is 0.455. The van der Waals surface area contributed by atoms with Gasteiger partial charge in [-0.05, 0) is 18.1 Å². The Kier molecular flexibility index (Phi) is 6.78. The predicted octanol–water partition coefficient (Wildman–Crippen LogP) is 4.20. The second-order valence-corrected chi connectivity index (χ2v) is 5.26. The average Bonchev–Trinajstić information content (AvgIpc) is 2.59. The Morgan fingerprint density at radius 2 is 1.96 bits per heavy atom. The van der Waals surface area contributed by atoms with Crippen molar-refractivity contribution in [1.29, 1.82) is 0 Å². The molecule has 0 aliphatic rings. The number of amides is 1. The Hall–Kier alpha value is -3.29. The molecule has 1 N–H and O–H groups in total. The zero-order chi connectivity index (χ0) is 18.9. The number of carbonyl (C=O) groups is 1. The molecule has 8 heteroatoms. The van der Waals surface area contributed by atoms with E-state index in [2.05, 4.69) is 5.32 Å². The molecule has 0 aliphatic heterocycles. The first-order valence-electron chi connectivity index (χ1n) is 7.72. The number of carbonyl (C=O) groups excluding carboxylic acids is 1. The molecule has 0 radical (unpaired) electrons. The SMILES string of the molecule is O=C(NCCC=Cc1cc(F)cc(F)c1[N+](=O)[O-])OCc1ccccc1. The third-order valence-corrected chi connectivity index (χ3v) is 3.33. The molecule has 6 nitrogen and oxygen atoms in total. The van der Waals surface area contributed by atoms with Gasteiger partial charge < -0.3 is 10.1 Å². The van der Waals surface area contributed by atoms with Crippen molar-refractivity contribution in [2.24, 2.45) is 0 Å². The first-order valence-corrected chi connectivity index (χ1v) is 7.72. The van der Waals surface area contributed by atoms with Crippen LogP contribution in [0.5, 0.6) is 0 Å². The van der Waals surface area contributed by atoms with Gasteiger partial charge >= 0.3 is 11.8 Å². The maximum atomic E-state index is 13.5. The van der Waals surface area contributed by atoms with Gasteiger partial charge in [0, 0.05) is 12.6 Å². The topological polar surface area (TPSA) is 81.5 Å². The number of hydrogen-bond acceptors (Lipinski definition) is 4. The predicted molar refractivity (Wildman–Crippen MR) is 91.3 cm³/mol. The Morgan fingerprint density at radius 3 is 2.65 bits per heavy atom. The van der Waals surface area contributed by atoms with E-state index in [1.807, 2.05) is 30.3 Å². The standard InChI is InChI=1S/C18H16F2N2O4/c19-15-10-14(17(22(24)25)16(20)11-15)8-4-5-9-21-18(23)26-12-13-6-2-1-3-7-13/h1-4,6-8,10-11H,5,9,12H2,(H,21,23). The molecule has 26 heavy (non-hydrogen) atoms. The fraction of sp³-hybridized carbons (Fsp3) is 0.167. The number of alkyl carbamates (subject to hydrolysis) is 1. The molecule has 0 spiro atoms. The molecule has 0 aliphatic carbocycles. The number of benzene rings is 2. The van der Waals surface area contributed by atoms with Crippen LogP contribution in [-0.2, 0) is 11.3 Å². The number of nitro benzene ring substituents is 1. The highest BCUT2D eigenvalue weighted by atomic mass is 19.1. The Balaban J connectivity index is 1.81. The summed E-state index contributed by atoms with van der Waals surface area (Å²) in [4.78, 5) is 21.5. The van der Waals surface area contributed by atoms with Crippen LogP contribution in [0.15, 0.2) is 48.5 Å². The number of nitro groups is 1. The molecule has 0 bridgehead atoms. The fourth-order valence-corrected chi connectivity index (χ4v) is 2.15. The van der Waals surface area contributed by atoms with Crippen LogP contribution in [0.4, 0.5) is 19.3 Å². The van der Waals surface area contributed by atoms with E-state index in [4.69, 9.17) is 4.74 Å². The van der Waals surface area contributed by atoms with Gasteiger partial charge in [0.15, 0.2) is 0 Å². The first kappa shape index (κ1) is 19.0. The highest BCUT2D eigenvalue weighted by Crippen LogP contribution is 2.25. The van der Waals surface area contributed by atoms with E-state index < -0.39 is 28.3 Å². The minimum atomic E-state index is -1.24. The first-order chi connectivity index (χ1) is 12.5. The molecule has 0 fully saturated rings. The molecule has 1 amide bonds. The third-order valence-electron chi connectivity index (χ3n) is 3.33. The summed E-state index contributed by atoms with van der Waals surface area (Å²) in [5, 5.41) is 13.4. The van der Waals surface area contributed by atoms with Gasteiger partial charge in [0.05, 0.1) is 10.5 Å². The summed E-state index contributed by atoms with van der Waals surface area (Å²) in [6.45, 7) is 0.340. The summed E-state index contributed by atoms with van der Waals surface area (Å²) in [5.74, 6) is -2.15. The van der Waals surface area contributed by atoms with Crippen LogP contribution in [0.3, 0.4) is 0 Å². The zero-order valence-electron chi connectivity index (χ0n) is 13.7. The summed E-state index contributed by atoms with van der Waals surface area (Å²) in [6.07, 6.45) is 2.40. The van der Waals surface area contributed by atoms with E-state index in [-0.39, 0.29) is 18.7 Å². The van der Waals surface area contributed by atoms with Gasteiger partial charge in [0.1, 0.15) is 12.4 Å². The Labute approximate surface area is 148 Å². The van der Waals surface area contributed by atoms with Gasteiger partial charge in [-0.1, -0.05) is 42.5 Å². The number of hydrogen-bond donors (Lipinski definition) is 1. The van der Waals surface area contributed by atoms with Gasteiger partial charge in [0.25, 0.3) is 0 Å². The lowest BCUT2D eigenvalue weighted by Gasteiger charge is -2.06. The molecule has 2 aromatic rings. The third kappa shape index (κ3) is 5.66. The van der Waals surface area contributed by atoms with E-state index >= 15 is 0 Å². The van der Waals surface area contributed by atoms with Gasteiger partial charge in [0.2, 0.25) is 5.82 Å². The van der Waals surface area contributed by atoms with Crippen LogP contribution >= 0.6 is 0 Å². The largest absolute Gasteiger partial charge is 0.445 e. The number of ether oxygens (including phenoxy) is 1. The van der Waals surface area contributed by atoms with E-state index in [1.165, 1.54) is 12.2 Å². The molecule has 0 unspecified atom stereocenters. The van der Waals surface area contributed by atoms with Crippen molar-refractivity contribution in [2.45, 2.75) is 13.0 Å². The van der Waals surface area contributed by atoms with Crippen molar-refractivity contribution in [3.05, 3.63) is 81.4 Å². The fourth-order valence-electron chi connectivity index (χ4n) is 2.15. The molecule has 0 saturated carbocycles. The maximum absolute atomic E-state index is 13.5. The number of nitrogens with zero attached hydrogens (tertiary/aromatic N) is 1. The number of rotatable bonds is 7. The van der Waals surface area contributed by atoms with E-state index in [0.29, 0.717) is 12.5 Å². The molecule has 136 valence electrons. The lowest BCUT2D eigenvalue weighted by molar-refractivity contribution is -0.387. The monoisotopic (exact) mass is 362 g/mol. The summed E-state index contributed by atoms with van der Waals surface area (Å²) in [6, 6.07) is 10.5. The second kappa shape index (κ2) is 9.26. The zero-order valence-corrected chi connectivity index (χ0v) is 13.7. The maximum Gasteiger partial charge on any atom is 0.407 e. The van der Waals surface area contributed by atoms with Crippen molar-refractivity contribution < 1.29 is 23.2 Å². The van der Waals surface area contributed by atoms with Gasteiger partial charge in [-0.2, -0.15) is 4.39 Å². The van der Waals surface area contributed by atoms with Crippen molar-refractivity contribution in [3.63, 3.8) is 0 Å². The molecule has 0 atom stereocenters. The van der Waals surface area contributed by atoms with Crippen LogP contribution in [0.2, 0.25) is 0 Å².